The van der Waals surface area contributed by atoms with Crippen molar-refractivity contribution in [1.82, 2.24) is 19.7 Å². The van der Waals surface area contributed by atoms with Crippen molar-refractivity contribution >= 4 is 29.3 Å². The van der Waals surface area contributed by atoms with Gasteiger partial charge < -0.3 is 5.11 Å². The maximum absolute atomic E-state index is 10.7. The van der Waals surface area contributed by atoms with Crippen LogP contribution in [0.15, 0.2) is 23.5 Å². The van der Waals surface area contributed by atoms with Crippen LogP contribution in [0, 0.1) is 0 Å². The molecule has 0 aliphatic carbocycles. The first-order chi connectivity index (χ1) is 9.49. The van der Waals surface area contributed by atoms with E-state index >= 15 is 0 Å². The number of aliphatic carboxylic acids is 1. The van der Waals surface area contributed by atoms with Gasteiger partial charge in [0.05, 0.1) is 10.8 Å². The Hall–Kier alpha value is -1.60. The molecule has 2 rings (SSSR count). The second kappa shape index (κ2) is 6.23. The number of rotatable bonds is 5. The summed E-state index contributed by atoms with van der Waals surface area (Å²) in [6.07, 6.45) is 1.54. The Balaban J connectivity index is 2.38. The number of halogens is 1. The normalized spacial score (nSPS) is 11.0. The quantitative estimate of drug-likeness (QED) is 0.855. The van der Waals surface area contributed by atoms with Crippen molar-refractivity contribution in [1.29, 1.82) is 0 Å². The van der Waals surface area contributed by atoms with Crippen molar-refractivity contribution < 1.29 is 9.90 Å². The van der Waals surface area contributed by atoms with E-state index in [-0.39, 0.29) is 11.8 Å². The molecule has 0 bridgehead atoms. The summed E-state index contributed by atoms with van der Waals surface area (Å²) in [5.74, 6) is -0.345. The fourth-order valence-corrected chi connectivity index (χ4v) is 2.55. The molecule has 0 radical (unpaired) electrons. The maximum Gasteiger partial charge on any atom is 0.313 e. The number of pyridine rings is 1. The predicted molar refractivity (Wildman–Crippen MR) is 77.0 cm³/mol. The molecule has 0 amide bonds. The molecule has 0 saturated heterocycles. The lowest BCUT2D eigenvalue weighted by molar-refractivity contribution is -0.133. The Kier molecular flexibility index (Phi) is 4.61. The number of hydrogen-bond donors (Lipinski definition) is 1. The van der Waals surface area contributed by atoms with Crippen molar-refractivity contribution in [2.45, 2.75) is 25.0 Å². The fraction of sp³-hybridized carbons (Fsp3) is 0.333. The molecular formula is C12H13ClN4O2S. The summed E-state index contributed by atoms with van der Waals surface area (Å²) >= 11 is 6.95. The molecule has 2 heterocycles. The largest absolute Gasteiger partial charge is 0.481 e. The molecule has 0 unspecified atom stereocenters. The lowest BCUT2D eigenvalue weighted by Gasteiger charge is -2.12. The molecule has 0 aromatic carbocycles. The Morgan fingerprint density at radius 2 is 2.20 bits per heavy atom. The van der Waals surface area contributed by atoms with Crippen LogP contribution in [-0.4, -0.2) is 36.6 Å². The molecular weight excluding hydrogens is 300 g/mol. The molecule has 2 aromatic heterocycles. The third kappa shape index (κ3) is 3.29. The molecule has 1 N–H and O–H groups in total. The number of aromatic nitrogens is 4. The standard InChI is InChI=1S/C12H13ClN4O2S/c1-7(2)17-11(9-4-3-8(13)5-14-9)15-16-12(17)20-6-10(18)19/h3-5,7H,6H2,1-2H3,(H,18,19). The van der Waals surface area contributed by atoms with Gasteiger partial charge in [0.2, 0.25) is 0 Å². The summed E-state index contributed by atoms with van der Waals surface area (Å²) in [6, 6.07) is 3.58. The third-order valence-electron chi connectivity index (χ3n) is 2.46. The SMILES string of the molecule is CC(C)n1c(SCC(=O)O)nnc1-c1ccc(Cl)cn1. The van der Waals surface area contributed by atoms with E-state index in [1.165, 1.54) is 0 Å². The number of nitrogens with zero attached hydrogens (tertiary/aromatic N) is 4. The zero-order valence-electron chi connectivity index (χ0n) is 10.9. The van der Waals surface area contributed by atoms with E-state index in [4.69, 9.17) is 16.7 Å². The highest BCUT2D eigenvalue weighted by atomic mass is 35.5. The smallest absolute Gasteiger partial charge is 0.313 e. The minimum Gasteiger partial charge on any atom is -0.481 e. The van der Waals surface area contributed by atoms with Crippen LogP contribution in [-0.2, 0) is 4.79 Å². The van der Waals surface area contributed by atoms with Crippen molar-refractivity contribution in [2.75, 3.05) is 5.75 Å². The van der Waals surface area contributed by atoms with Gasteiger partial charge in [-0.2, -0.15) is 0 Å². The van der Waals surface area contributed by atoms with Crippen molar-refractivity contribution in [3.05, 3.63) is 23.4 Å². The van der Waals surface area contributed by atoms with E-state index in [1.54, 1.807) is 18.3 Å². The Morgan fingerprint density at radius 3 is 2.75 bits per heavy atom. The monoisotopic (exact) mass is 312 g/mol. The molecule has 0 fully saturated rings. The summed E-state index contributed by atoms with van der Waals surface area (Å²) in [7, 11) is 0. The Bertz CT molecular complexity index is 612. The fourth-order valence-electron chi connectivity index (χ4n) is 1.65. The van der Waals surface area contributed by atoms with E-state index < -0.39 is 5.97 Å². The number of carboxylic acid groups (broad SMARTS) is 1. The lowest BCUT2D eigenvalue weighted by Crippen LogP contribution is -2.07. The summed E-state index contributed by atoms with van der Waals surface area (Å²) in [6.45, 7) is 3.96. The highest BCUT2D eigenvalue weighted by Crippen LogP contribution is 2.26. The molecule has 0 saturated carbocycles. The minimum absolute atomic E-state index is 0.0566. The zero-order chi connectivity index (χ0) is 14.7. The molecule has 0 atom stereocenters. The van der Waals surface area contributed by atoms with Gasteiger partial charge in [-0.3, -0.25) is 14.3 Å². The van der Waals surface area contributed by atoms with Gasteiger partial charge >= 0.3 is 5.97 Å². The van der Waals surface area contributed by atoms with Crippen LogP contribution in [0.5, 0.6) is 0 Å². The van der Waals surface area contributed by atoms with Crippen LogP contribution in [0.3, 0.4) is 0 Å². The first-order valence-corrected chi connectivity index (χ1v) is 7.27. The van der Waals surface area contributed by atoms with E-state index in [0.29, 0.717) is 21.7 Å². The van der Waals surface area contributed by atoms with Gasteiger partial charge in [0.1, 0.15) is 5.69 Å². The topological polar surface area (TPSA) is 80.9 Å². The number of thioether (sulfide) groups is 1. The van der Waals surface area contributed by atoms with Crippen LogP contribution in [0.25, 0.3) is 11.5 Å². The average Bonchev–Trinajstić information content (AvgIpc) is 2.81. The summed E-state index contributed by atoms with van der Waals surface area (Å²) in [4.78, 5) is 14.9. The molecule has 6 nitrogen and oxygen atoms in total. The molecule has 0 aliphatic rings. The highest BCUT2D eigenvalue weighted by molar-refractivity contribution is 7.99. The second-order valence-corrected chi connectivity index (χ2v) is 5.69. The van der Waals surface area contributed by atoms with E-state index in [2.05, 4.69) is 15.2 Å². The van der Waals surface area contributed by atoms with Crippen LogP contribution in [0.4, 0.5) is 0 Å². The van der Waals surface area contributed by atoms with Gasteiger partial charge in [-0.25, -0.2) is 0 Å². The molecule has 0 aliphatic heterocycles. The van der Waals surface area contributed by atoms with Gasteiger partial charge in [0, 0.05) is 12.2 Å². The van der Waals surface area contributed by atoms with Crippen molar-refractivity contribution in [3.63, 3.8) is 0 Å². The molecule has 2 aromatic rings. The summed E-state index contributed by atoms with van der Waals surface area (Å²) in [5.41, 5.74) is 0.651. The summed E-state index contributed by atoms with van der Waals surface area (Å²) in [5, 5.41) is 18.0. The second-order valence-electron chi connectivity index (χ2n) is 4.31. The molecule has 20 heavy (non-hydrogen) atoms. The van der Waals surface area contributed by atoms with Crippen LogP contribution >= 0.6 is 23.4 Å². The zero-order valence-corrected chi connectivity index (χ0v) is 12.5. The van der Waals surface area contributed by atoms with Crippen molar-refractivity contribution in [2.24, 2.45) is 0 Å². The lowest BCUT2D eigenvalue weighted by atomic mass is 10.3. The molecule has 106 valence electrons. The van der Waals surface area contributed by atoms with E-state index in [1.807, 2.05) is 18.4 Å². The summed E-state index contributed by atoms with van der Waals surface area (Å²) < 4.78 is 1.86. The Labute approximate surface area is 125 Å². The minimum atomic E-state index is -0.889. The first-order valence-electron chi connectivity index (χ1n) is 5.90. The van der Waals surface area contributed by atoms with E-state index in [9.17, 15) is 4.79 Å². The van der Waals surface area contributed by atoms with Crippen molar-refractivity contribution in [3.8, 4) is 11.5 Å². The molecule has 0 spiro atoms. The average molecular weight is 313 g/mol. The van der Waals surface area contributed by atoms with Crippen LogP contribution in [0.1, 0.15) is 19.9 Å². The Morgan fingerprint density at radius 1 is 1.45 bits per heavy atom. The van der Waals surface area contributed by atoms with Gasteiger partial charge in [-0.05, 0) is 26.0 Å². The third-order valence-corrected chi connectivity index (χ3v) is 3.61. The first kappa shape index (κ1) is 14.8. The molecule has 8 heteroatoms. The number of hydrogen-bond acceptors (Lipinski definition) is 5. The van der Waals surface area contributed by atoms with Crippen LogP contribution in [0.2, 0.25) is 5.02 Å². The number of carboxylic acids is 1. The van der Waals surface area contributed by atoms with Gasteiger partial charge in [0.15, 0.2) is 11.0 Å². The predicted octanol–water partition coefficient (Wildman–Crippen LogP) is 2.75. The van der Waals surface area contributed by atoms with Gasteiger partial charge in [-0.15, -0.1) is 10.2 Å². The highest BCUT2D eigenvalue weighted by Gasteiger charge is 2.18. The van der Waals surface area contributed by atoms with Crippen LogP contribution < -0.4 is 0 Å². The number of carbonyl (C=O) groups is 1. The van der Waals surface area contributed by atoms with Gasteiger partial charge in [0.25, 0.3) is 0 Å². The maximum atomic E-state index is 10.7. The van der Waals surface area contributed by atoms with Gasteiger partial charge in [-0.1, -0.05) is 23.4 Å². The van der Waals surface area contributed by atoms with E-state index in [0.717, 1.165) is 11.8 Å².